The van der Waals surface area contributed by atoms with Crippen molar-refractivity contribution in [2.45, 2.75) is 0 Å². The van der Waals surface area contributed by atoms with Gasteiger partial charge in [0, 0.05) is 0 Å². The molecule has 0 aliphatic carbocycles. The number of anilines is 4. The Morgan fingerprint density at radius 2 is 1.00 bits per heavy atom. The van der Waals surface area contributed by atoms with Gasteiger partial charge in [0.15, 0.2) is 0 Å². The number of hydrogen-bond donors (Lipinski definition) is 4. The molecule has 1 aromatic carbocycles. The van der Waals surface area contributed by atoms with Crippen LogP contribution in [0.4, 0.5) is 22.7 Å². The number of nitrogens with one attached hydrogen (secondary N) is 4. The molecule has 3 rings (SSSR count). The summed E-state index contributed by atoms with van der Waals surface area (Å²) in [5, 5.41) is 13.0. The molecule has 0 radical (unpaired) electrons. The van der Waals surface area contributed by atoms with Gasteiger partial charge in [0.05, 0.1) is 36.1 Å². The monoisotopic (exact) mass is 162 g/mol. The molecule has 4 N–H and O–H groups in total. The molecule has 1 aromatic rings. The molecule has 0 unspecified atom stereocenters. The fourth-order valence-electron chi connectivity index (χ4n) is 1.65. The highest BCUT2D eigenvalue weighted by Gasteiger charge is 2.15. The summed E-state index contributed by atoms with van der Waals surface area (Å²) in [7, 11) is 0. The van der Waals surface area contributed by atoms with E-state index in [1.165, 1.54) is 22.7 Å². The van der Waals surface area contributed by atoms with Gasteiger partial charge in [0.25, 0.3) is 0 Å². The van der Waals surface area contributed by atoms with Crippen molar-refractivity contribution in [2.24, 2.45) is 0 Å². The Labute approximate surface area is 70.3 Å². The SMILES string of the molecule is c1c2c(cc3c1NCN3)NCN2. The zero-order chi connectivity index (χ0) is 7.97. The van der Waals surface area contributed by atoms with E-state index in [1.807, 2.05) is 0 Å². The molecule has 12 heavy (non-hydrogen) atoms. The number of hydrogen-bond acceptors (Lipinski definition) is 4. The third kappa shape index (κ3) is 0.664. The van der Waals surface area contributed by atoms with Gasteiger partial charge in [-0.3, -0.25) is 0 Å². The van der Waals surface area contributed by atoms with E-state index in [9.17, 15) is 0 Å². The highest BCUT2D eigenvalue weighted by molar-refractivity contribution is 5.87. The average Bonchev–Trinajstić information content (AvgIpc) is 2.64. The van der Waals surface area contributed by atoms with E-state index < -0.39 is 0 Å². The van der Waals surface area contributed by atoms with Crippen LogP contribution < -0.4 is 21.3 Å². The van der Waals surface area contributed by atoms with Crippen molar-refractivity contribution in [1.82, 2.24) is 0 Å². The highest BCUT2D eigenvalue weighted by Crippen LogP contribution is 2.37. The number of rotatable bonds is 0. The van der Waals surface area contributed by atoms with Crippen molar-refractivity contribution in [3.8, 4) is 0 Å². The molecule has 0 fully saturated rings. The van der Waals surface area contributed by atoms with E-state index in [2.05, 4.69) is 33.4 Å². The Morgan fingerprint density at radius 3 is 1.33 bits per heavy atom. The van der Waals surface area contributed by atoms with Crippen molar-refractivity contribution in [2.75, 3.05) is 34.6 Å². The summed E-state index contributed by atoms with van der Waals surface area (Å²) in [5.74, 6) is 0. The second-order valence-corrected chi connectivity index (χ2v) is 3.00. The van der Waals surface area contributed by atoms with Gasteiger partial charge in [-0.1, -0.05) is 0 Å². The minimum absolute atomic E-state index is 0.832. The first-order valence-electron chi connectivity index (χ1n) is 4.07. The summed E-state index contributed by atoms with van der Waals surface area (Å²) in [5.41, 5.74) is 4.74. The second-order valence-electron chi connectivity index (χ2n) is 3.00. The maximum absolute atomic E-state index is 3.25. The maximum Gasteiger partial charge on any atom is 0.0850 e. The van der Waals surface area contributed by atoms with Crippen LogP contribution in [0, 0.1) is 0 Å². The molecular weight excluding hydrogens is 152 g/mol. The summed E-state index contributed by atoms with van der Waals surface area (Å²) in [6.45, 7) is 1.66. The van der Waals surface area contributed by atoms with Crippen LogP contribution in [0.5, 0.6) is 0 Å². The third-order valence-electron chi connectivity index (χ3n) is 2.27. The molecule has 0 saturated carbocycles. The van der Waals surface area contributed by atoms with Crippen molar-refractivity contribution < 1.29 is 0 Å². The Bertz CT molecular complexity index is 274. The Balaban J connectivity index is 2.18. The molecule has 0 spiro atoms. The van der Waals surface area contributed by atoms with Crippen LogP contribution in [0.3, 0.4) is 0 Å². The van der Waals surface area contributed by atoms with Gasteiger partial charge in [-0.25, -0.2) is 0 Å². The lowest BCUT2D eigenvalue weighted by Crippen LogP contribution is -2.00. The van der Waals surface area contributed by atoms with Gasteiger partial charge in [-0.05, 0) is 12.1 Å². The molecule has 0 saturated heterocycles. The first-order valence-corrected chi connectivity index (χ1v) is 4.07. The van der Waals surface area contributed by atoms with Crippen LogP contribution in [0.2, 0.25) is 0 Å². The van der Waals surface area contributed by atoms with Crippen molar-refractivity contribution in [1.29, 1.82) is 0 Å². The minimum atomic E-state index is 0.832. The molecule has 0 bridgehead atoms. The van der Waals surface area contributed by atoms with Gasteiger partial charge in [0.1, 0.15) is 0 Å². The normalized spacial score (nSPS) is 16.7. The predicted molar refractivity (Wildman–Crippen MR) is 50.7 cm³/mol. The second kappa shape index (κ2) is 1.97. The van der Waals surface area contributed by atoms with Gasteiger partial charge < -0.3 is 21.3 Å². The van der Waals surface area contributed by atoms with E-state index in [0.717, 1.165) is 13.3 Å². The number of fused-ring (bicyclic) bond motifs is 2. The molecular formula is C8H10N4. The first kappa shape index (κ1) is 5.99. The fraction of sp³-hybridized carbons (Fsp3) is 0.250. The summed E-state index contributed by atoms with van der Waals surface area (Å²) in [6.07, 6.45) is 0. The van der Waals surface area contributed by atoms with Crippen molar-refractivity contribution >= 4 is 22.7 Å². The summed E-state index contributed by atoms with van der Waals surface area (Å²) in [6, 6.07) is 4.26. The standard InChI is InChI=1S/C8H10N4/c1-5-7(11-3-9-5)2-8-6(1)10-4-12-8/h1-2,9-12H,3-4H2. The van der Waals surface area contributed by atoms with Crippen LogP contribution in [0.1, 0.15) is 0 Å². The van der Waals surface area contributed by atoms with Gasteiger partial charge in [0.2, 0.25) is 0 Å². The maximum atomic E-state index is 3.25. The zero-order valence-electron chi connectivity index (χ0n) is 6.57. The molecule has 2 aliphatic rings. The van der Waals surface area contributed by atoms with E-state index in [4.69, 9.17) is 0 Å². The van der Waals surface area contributed by atoms with Crippen LogP contribution >= 0.6 is 0 Å². The van der Waals surface area contributed by atoms with Gasteiger partial charge in [-0.15, -0.1) is 0 Å². The van der Waals surface area contributed by atoms with Crippen LogP contribution in [0.15, 0.2) is 12.1 Å². The lowest BCUT2D eigenvalue weighted by Gasteiger charge is -2.02. The fourth-order valence-corrected chi connectivity index (χ4v) is 1.65. The summed E-state index contributed by atoms with van der Waals surface area (Å²) >= 11 is 0. The smallest absolute Gasteiger partial charge is 0.0850 e. The third-order valence-corrected chi connectivity index (χ3v) is 2.27. The molecule has 4 heteroatoms. The topological polar surface area (TPSA) is 48.1 Å². The molecule has 62 valence electrons. The van der Waals surface area contributed by atoms with Crippen LogP contribution in [-0.4, -0.2) is 13.3 Å². The van der Waals surface area contributed by atoms with Gasteiger partial charge in [-0.2, -0.15) is 0 Å². The lowest BCUT2D eigenvalue weighted by atomic mass is 10.2. The molecule has 4 nitrogen and oxygen atoms in total. The quantitative estimate of drug-likeness (QED) is 0.464. The van der Waals surface area contributed by atoms with Crippen molar-refractivity contribution in [3.05, 3.63) is 12.1 Å². The number of benzene rings is 1. The highest BCUT2D eigenvalue weighted by atomic mass is 15.2. The lowest BCUT2D eigenvalue weighted by molar-refractivity contribution is 1.29. The van der Waals surface area contributed by atoms with Crippen molar-refractivity contribution in [3.63, 3.8) is 0 Å². The first-order chi connectivity index (χ1) is 5.93. The predicted octanol–water partition coefficient (Wildman–Crippen LogP) is 1.28. The van der Waals surface area contributed by atoms with Crippen LogP contribution in [0.25, 0.3) is 0 Å². The Morgan fingerprint density at radius 1 is 0.667 bits per heavy atom. The molecule has 0 aromatic heterocycles. The molecule has 0 amide bonds. The van der Waals surface area contributed by atoms with E-state index in [-0.39, 0.29) is 0 Å². The van der Waals surface area contributed by atoms with Gasteiger partial charge >= 0.3 is 0 Å². The molecule has 0 atom stereocenters. The van der Waals surface area contributed by atoms with E-state index in [1.54, 1.807) is 0 Å². The zero-order valence-corrected chi connectivity index (χ0v) is 6.57. The minimum Gasteiger partial charge on any atom is -0.366 e. The summed E-state index contributed by atoms with van der Waals surface area (Å²) in [4.78, 5) is 0. The Kier molecular flexibility index (Phi) is 0.983. The summed E-state index contributed by atoms with van der Waals surface area (Å²) < 4.78 is 0. The molecule has 2 aliphatic heterocycles. The van der Waals surface area contributed by atoms with E-state index >= 15 is 0 Å². The largest absolute Gasteiger partial charge is 0.366 e. The van der Waals surface area contributed by atoms with E-state index in [0.29, 0.717) is 0 Å². The van der Waals surface area contributed by atoms with Crippen LogP contribution in [-0.2, 0) is 0 Å². The Hall–Kier alpha value is -1.58. The average molecular weight is 162 g/mol. The molecule has 2 heterocycles.